The van der Waals surface area contributed by atoms with E-state index < -0.39 is 8.07 Å². The van der Waals surface area contributed by atoms with Crippen LogP contribution >= 0.6 is 11.6 Å². The lowest BCUT2D eigenvalue weighted by molar-refractivity contribution is 1.43. The minimum atomic E-state index is -1.55. The molecule has 0 aromatic heterocycles. The Labute approximate surface area is 95.7 Å². The first-order chi connectivity index (χ1) is 6.90. The second kappa shape index (κ2) is 4.06. The van der Waals surface area contributed by atoms with Crippen molar-refractivity contribution in [2.24, 2.45) is 0 Å². The summed E-state index contributed by atoms with van der Waals surface area (Å²) in [5.41, 5.74) is 0.767. The van der Waals surface area contributed by atoms with E-state index in [9.17, 15) is 0 Å². The Morgan fingerprint density at radius 1 is 1.07 bits per heavy atom. The molecule has 76 valence electrons. The molecule has 0 saturated heterocycles. The lowest BCUT2D eigenvalue weighted by Crippen LogP contribution is -2.38. The van der Waals surface area contributed by atoms with Crippen LogP contribution in [0.25, 0.3) is 0 Å². The van der Waals surface area contributed by atoms with E-state index in [4.69, 9.17) is 22.1 Å². The zero-order chi connectivity index (χ0) is 11.6. The molecule has 0 bridgehead atoms. The molecule has 0 atom stereocenters. The minimum Gasteiger partial charge on any atom is -0.192 e. The van der Waals surface area contributed by atoms with Crippen LogP contribution < -0.4 is 5.19 Å². The molecular weight excluding hydrogens is 224 g/mol. The third kappa shape index (κ3) is 2.39. The molecule has 2 nitrogen and oxygen atoms in total. The van der Waals surface area contributed by atoms with Crippen LogP contribution in [-0.2, 0) is 0 Å². The molecule has 0 unspecified atom stereocenters. The van der Waals surface area contributed by atoms with Crippen LogP contribution in [0, 0.1) is 22.7 Å². The molecule has 0 spiro atoms. The van der Waals surface area contributed by atoms with Gasteiger partial charge in [0, 0.05) is 5.02 Å². The number of nitrogens with zero attached hydrogens (tertiary/aromatic N) is 2. The zero-order valence-corrected chi connectivity index (χ0v) is 10.7. The number of halogens is 1. The Morgan fingerprint density at radius 2 is 1.53 bits per heavy atom. The Morgan fingerprint density at radius 3 is 1.93 bits per heavy atom. The summed E-state index contributed by atoms with van der Waals surface area (Å²) in [4.78, 5) is 0. The molecule has 0 fully saturated rings. The zero-order valence-electron chi connectivity index (χ0n) is 8.93. The molecule has 0 aliphatic carbocycles. The fraction of sp³-hybridized carbons (Fsp3) is 0.273. The van der Waals surface area contributed by atoms with Crippen molar-refractivity contribution in [3.63, 3.8) is 0 Å². The molecule has 15 heavy (non-hydrogen) atoms. The van der Waals surface area contributed by atoms with Gasteiger partial charge in [-0.3, -0.25) is 0 Å². The SMILES string of the molecule is C[Si](C)(C)c1cc(C#N)c(C#N)cc1Cl. The average Bonchev–Trinajstić information content (AvgIpc) is 2.15. The summed E-state index contributed by atoms with van der Waals surface area (Å²) < 4.78 is 0. The quantitative estimate of drug-likeness (QED) is 0.702. The van der Waals surface area contributed by atoms with Gasteiger partial charge in [-0.2, -0.15) is 10.5 Å². The number of hydrogen-bond donors (Lipinski definition) is 0. The molecule has 0 saturated carbocycles. The molecule has 1 aromatic carbocycles. The maximum absolute atomic E-state index is 8.90. The monoisotopic (exact) mass is 234 g/mol. The van der Waals surface area contributed by atoms with Gasteiger partial charge in [-0.15, -0.1) is 0 Å². The van der Waals surface area contributed by atoms with Crippen molar-refractivity contribution < 1.29 is 0 Å². The topological polar surface area (TPSA) is 47.6 Å². The van der Waals surface area contributed by atoms with Crippen molar-refractivity contribution in [3.05, 3.63) is 28.3 Å². The fourth-order valence-corrected chi connectivity index (χ4v) is 3.71. The van der Waals surface area contributed by atoms with Crippen molar-refractivity contribution in [2.45, 2.75) is 19.6 Å². The summed E-state index contributed by atoms with van der Waals surface area (Å²) in [7, 11) is -1.55. The summed E-state index contributed by atoms with van der Waals surface area (Å²) in [6.07, 6.45) is 0. The van der Waals surface area contributed by atoms with Crippen LogP contribution in [-0.4, -0.2) is 8.07 Å². The van der Waals surface area contributed by atoms with Crippen LogP contribution in [0.4, 0.5) is 0 Å². The number of nitriles is 2. The molecule has 0 aliphatic rings. The molecule has 0 heterocycles. The third-order valence-electron chi connectivity index (χ3n) is 2.16. The first kappa shape index (κ1) is 11.8. The van der Waals surface area contributed by atoms with E-state index in [1.165, 1.54) is 0 Å². The minimum absolute atomic E-state index is 0.351. The van der Waals surface area contributed by atoms with Crippen molar-refractivity contribution >= 4 is 24.9 Å². The van der Waals surface area contributed by atoms with E-state index in [-0.39, 0.29) is 0 Å². The van der Waals surface area contributed by atoms with Crippen LogP contribution in [0.2, 0.25) is 24.7 Å². The Balaban J connectivity index is 3.50. The van der Waals surface area contributed by atoms with Gasteiger partial charge in [0.1, 0.15) is 12.1 Å². The van der Waals surface area contributed by atoms with Gasteiger partial charge in [-0.05, 0) is 17.3 Å². The van der Waals surface area contributed by atoms with Crippen LogP contribution in [0.1, 0.15) is 11.1 Å². The van der Waals surface area contributed by atoms with E-state index in [0.717, 1.165) is 5.19 Å². The maximum Gasteiger partial charge on any atom is 0.101 e. The first-order valence-electron chi connectivity index (χ1n) is 4.54. The summed E-state index contributed by atoms with van der Waals surface area (Å²) in [6.45, 7) is 6.46. The van der Waals surface area contributed by atoms with Gasteiger partial charge in [-0.1, -0.05) is 31.2 Å². The molecular formula is C11H11ClN2Si. The van der Waals surface area contributed by atoms with Gasteiger partial charge >= 0.3 is 0 Å². The Kier molecular flexibility index (Phi) is 3.19. The highest BCUT2D eigenvalue weighted by Crippen LogP contribution is 2.17. The predicted molar refractivity (Wildman–Crippen MR) is 63.9 cm³/mol. The van der Waals surface area contributed by atoms with Gasteiger partial charge in [0.25, 0.3) is 0 Å². The number of benzene rings is 1. The normalized spacial score (nSPS) is 10.5. The Hall–Kier alpha value is -1.29. The molecule has 0 amide bonds. The number of rotatable bonds is 1. The highest BCUT2D eigenvalue weighted by Gasteiger charge is 2.21. The van der Waals surface area contributed by atoms with Crippen molar-refractivity contribution in [1.29, 1.82) is 10.5 Å². The summed E-state index contributed by atoms with van der Waals surface area (Å²) in [5, 5.41) is 19.4. The van der Waals surface area contributed by atoms with Gasteiger partial charge in [0.05, 0.1) is 19.2 Å². The third-order valence-corrected chi connectivity index (χ3v) is 4.66. The summed E-state index contributed by atoms with van der Waals surface area (Å²) in [5.74, 6) is 0. The van der Waals surface area contributed by atoms with Crippen molar-refractivity contribution in [1.82, 2.24) is 0 Å². The standard InChI is InChI=1S/C11H11ClN2Si/c1-15(2,3)11-5-9(7-14)8(6-13)4-10(11)12/h4-5H,1-3H3. The lowest BCUT2D eigenvalue weighted by atomic mass is 10.1. The lowest BCUT2D eigenvalue weighted by Gasteiger charge is -2.18. The average molecular weight is 235 g/mol. The van der Waals surface area contributed by atoms with E-state index in [2.05, 4.69) is 19.6 Å². The molecule has 0 N–H and O–H groups in total. The number of hydrogen-bond acceptors (Lipinski definition) is 2. The summed E-state index contributed by atoms with van der Waals surface area (Å²) >= 11 is 6.10. The molecule has 1 aromatic rings. The smallest absolute Gasteiger partial charge is 0.101 e. The predicted octanol–water partition coefficient (Wildman–Crippen LogP) is 2.63. The highest BCUT2D eigenvalue weighted by molar-refractivity contribution is 6.90. The Bertz CT molecular complexity index is 475. The molecule has 1 rings (SSSR count). The van der Waals surface area contributed by atoms with Crippen LogP contribution in [0.3, 0.4) is 0 Å². The van der Waals surface area contributed by atoms with Gasteiger partial charge in [0.15, 0.2) is 0 Å². The van der Waals surface area contributed by atoms with E-state index in [0.29, 0.717) is 16.1 Å². The first-order valence-corrected chi connectivity index (χ1v) is 8.42. The van der Waals surface area contributed by atoms with E-state index >= 15 is 0 Å². The van der Waals surface area contributed by atoms with Crippen molar-refractivity contribution in [3.8, 4) is 12.1 Å². The fourth-order valence-electron chi connectivity index (χ4n) is 1.33. The second-order valence-corrected chi connectivity index (χ2v) is 9.80. The summed E-state index contributed by atoms with van der Waals surface area (Å²) in [6, 6.07) is 7.35. The van der Waals surface area contributed by atoms with Crippen LogP contribution in [0.5, 0.6) is 0 Å². The second-order valence-electron chi connectivity index (χ2n) is 4.35. The molecule has 0 radical (unpaired) electrons. The van der Waals surface area contributed by atoms with E-state index in [1.807, 2.05) is 12.1 Å². The van der Waals surface area contributed by atoms with Gasteiger partial charge in [0.2, 0.25) is 0 Å². The van der Waals surface area contributed by atoms with E-state index in [1.54, 1.807) is 12.1 Å². The van der Waals surface area contributed by atoms with Gasteiger partial charge < -0.3 is 0 Å². The largest absolute Gasteiger partial charge is 0.192 e. The molecule has 0 aliphatic heterocycles. The van der Waals surface area contributed by atoms with Gasteiger partial charge in [-0.25, -0.2) is 0 Å². The molecule has 4 heteroatoms. The van der Waals surface area contributed by atoms with Crippen LogP contribution in [0.15, 0.2) is 12.1 Å². The highest BCUT2D eigenvalue weighted by atomic mass is 35.5. The maximum atomic E-state index is 8.90. The van der Waals surface area contributed by atoms with Crippen molar-refractivity contribution in [2.75, 3.05) is 0 Å².